The molecule has 0 spiro atoms. The van der Waals surface area contributed by atoms with Gasteiger partial charge in [-0.3, -0.25) is 9.69 Å². The van der Waals surface area contributed by atoms with Crippen LogP contribution in [0.3, 0.4) is 0 Å². The number of hydrogen-bond acceptors (Lipinski definition) is 4. The molecule has 2 heterocycles. The van der Waals surface area contributed by atoms with E-state index in [1.807, 2.05) is 74.5 Å². The second kappa shape index (κ2) is 6.59. The Morgan fingerprint density at radius 2 is 1.85 bits per heavy atom. The summed E-state index contributed by atoms with van der Waals surface area (Å²) in [5, 5.41) is 3.43. The third kappa shape index (κ3) is 2.81. The fraction of sp³-hybridized carbons (Fsp3) is 0.190. The summed E-state index contributed by atoms with van der Waals surface area (Å²) in [5.74, 6) is 2.21. The molecule has 1 N–H and O–H groups in total. The molecule has 26 heavy (non-hydrogen) atoms. The average Bonchev–Trinajstić information content (AvgIpc) is 3.09. The highest BCUT2D eigenvalue weighted by atomic mass is 16.5. The van der Waals surface area contributed by atoms with Crippen LogP contribution in [0.15, 0.2) is 65.1 Å². The minimum Gasteiger partial charge on any atom is -0.494 e. The van der Waals surface area contributed by atoms with Gasteiger partial charge in [0.05, 0.1) is 12.2 Å². The van der Waals surface area contributed by atoms with Crippen LogP contribution >= 0.6 is 0 Å². The van der Waals surface area contributed by atoms with E-state index in [-0.39, 0.29) is 5.91 Å². The first-order chi connectivity index (χ1) is 12.7. The zero-order valence-corrected chi connectivity index (χ0v) is 14.7. The Kier molecular flexibility index (Phi) is 4.13. The zero-order valence-electron chi connectivity index (χ0n) is 14.7. The second-order valence-corrected chi connectivity index (χ2v) is 6.14. The summed E-state index contributed by atoms with van der Waals surface area (Å²) < 4.78 is 11.3. The predicted octanol–water partition coefficient (Wildman–Crippen LogP) is 4.76. The number of nitrogens with one attached hydrogen (secondary N) is 1. The van der Waals surface area contributed by atoms with E-state index in [2.05, 4.69) is 5.32 Å². The molecule has 5 nitrogen and oxygen atoms in total. The van der Waals surface area contributed by atoms with E-state index in [0.717, 1.165) is 22.9 Å². The van der Waals surface area contributed by atoms with Gasteiger partial charge >= 0.3 is 0 Å². The van der Waals surface area contributed by atoms with Crippen LogP contribution in [0.2, 0.25) is 0 Å². The van der Waals surface area contributed by atoms with Crippen molar-refractivity contribution >= 4 is 17.3 Å². The minimum absolute atomic E-state index is 0.0671. The molecule has 1 aliphatic heterocycles. The Morgan fingerprint density at radius 3 is 2.54 bits per heavy atom. The molecule has 5 heteroatoms. The van der Waals surface area contributed by atoms with Crippen molar-refractivity contribution in [3.05, 3.63) is 77.7 Å². The van der Waals surface area contributed by atoms with Crippen molar-refractivity contribution in [2.24, 2.45) is 0 Å². The third-order valence-corrected chi connectivity index (χ3v) is 4.38. The topological polar surface area (TPSA) is 54.7 Å². The highest BCUT2D eigenvalue weighted by Crippen LogP contribution is 2.37. The van der Waals surface area contributed by atoms with Crippen molar-refractivity contribution in [1.29, 1.82) is 0 Å². The third-order valence-electron chi connectivity index (χ3n) is 4.38. The van der Waals surface area contributed by atoms with Gasteiger partial charge in [0.2, 0.25) is 0 Å². The predicted molar refractivity (Wildman–Crippen MR) is 101 cm³/mol. The highest BCUT2D eigenvalue weighted by Gasteiger charge is 2.35. The van der Waals surface area contributed by atoms with Crippen LogP contribution in [0.5, 0.6) is 5.75 Å². The lowest BCUT2D eigenvalue weighted by molar-refractivity contribution is 0.0971. The monoisotopic (exact) mass is 348 g/mol. The van der Waals surface area contributed by atoms with Crippen LogP contribution in [-0.2, 0) is 0 Å². The van der Waals surface area contributed by atoms with Gasteiger partial charge < -0.3 is 14.5 Å². The summed E-state index contributed by atoms with van der Waals surface area (Å²) >= 11 is 0. The number of ether oxygens (including phenoxy) is 1. The molecule has 1 amide bonds. The Morgan fingerprint density at radius 1 is 1.08 bits per heavy atom. The van der Waals surface area contributed by atoms with E-state index in [0.29, 0.717) is 17.9 Å². The molecule has 1 aliphatic rings. The molecule has 0 saturated carbocycles. The van der Waals surface area contributed by atoms with Gasteiger partial charge in [-0.25, -0.2) is 0 Å². The van der Waals surface area contributed by atoms with Crippen LogP contribution in [0, 0.1) is 6.92 Å². The molecule has 1 atom stereocenters. The van der Waals surface area contributed by atoms with E-state index in [4.69, 9.17) is 9.15 Å². The summed E-state index contributed by atoms with van der Waals surface area (Å²) in [7, 11) is 0. The molecule has 0 bridgehead atoms. The number of anilines is 2. The number of hydrogen-bond donors (Lipinski definition) is 1. The maximum Gasteiger partial charge on any atom is 0.262 e. The molecule has 0 saturated heterocycles. The van der Waals surface area contributed by atoms with E-state index < -0.39 is 6.17 Å². The SMILES string of the molecule is CCOc1ccc(N2C(=O)c3ccccc3N[C@@H]2c2ccc(C)o2)cc1. The fourth-order valence-corrected chi connectivity index (χ4v) is 3.19. The van der Waals surface area contributed by atoms with Crippen LogP contribution in [0.1, 0.15) is 35.0 Å². The number of nitrogens with zero attached hydrogens (tertiary/aromatic N) is 1. The average molecular weight is 348 g/mol. The number of amides is 1. The number of carbonyl (C=O) groups is 1. The molecule has 0 fully saturated rings. The number of furan rings is 1. The van der Waals surface area contributed by atoms with Gasteiger partial charge in [-0.1, -0.05) is 12.1 Å². The second-order valence-electron chi connectivity index (χ2n) is 6.14. The van der Waals surface area contributed by atoms with Crippen LogP contribution in [-0.4, -0.2) is 12.5 Å². The molecular weight excluding hydrogens is 328 g/mol. The fourth-order valence-electron chi connectivity index (χ4n) is 3.19. The standard InChI is InChI=1S/C21H20N2O3/c1-3-25-16-11-9-15(10-12-16)23-20(19-13-8-14(2)26-19)22-18-7-5-4-6-17(18)21(23)24/h4-13,20,22H,3H2,1-2H3/t20-/m0/s1. The van der Waals surface area contributed by atoms with Crippen LogP contribution in [0.4, 0.5) is 11.4 Å². The van der Waals surface area contributed by atoms with E-state index in [1.165, 1.54) is 0 Å². The number of rotatable bonds is 4. The molecule has 2 aromatic carbocycles. The normalized spacial score (nSPS) is 16.2. The number of fused-ring (bicyclic) bond motifs is 1. The quantitative estimate of drug-likeness (QED) is 0.739. The van der Waals surface area contributed by atoms with E-state index >= 15 is 0 Å². The summed E-state index contributed by atoms with van der Waals surface area (Å²) in [4.78, 5) is 14.9. The van der Waals surface area contributed by atoms with Crippen molar-refractivity contribution in [2.75, 3.05) is 16.8 Å². The summed E-state index contributed by atoms with van der Waals surface area (Å²) in [6, 6.07) is 18.8. The Labute approximate surface area is 152 Å². The first-order valence-corrected chi connectivity index (χ1v) is 8.65. The van der Waals surface area contributed by atoms with Gasteiger partial charge in [-0.2, -0.15) is 0 Å². The van der Waals surface area contributed by atoms with E-state index in [9.17, 15) is 4.79 Å². The number of carbonyl (C=O) groups excluding carboxylic acids is 1. The molecule has 0 radical (unpaired) electrons. The summed E-state index contributed by atoms with van der Waals surface area (Å²) in [6.45, 7) is 4.44. The van der Waals surface area contributed by atoms with Gasteiger partial charge in [0.25, 0.3) is 5.91 Å². The molecule has 1 aromatic heterocycles. The lowest BCUT2D eigenvalue weighted by Crippen LogP contribution is -2.43. The Balaban J connectivity index is 1.78. The Hall–Kier alpha value is -3.21. The lowest BCUT2D eigenvalue weighted by Gasteiger charge is -2.36. The van der Waals surface area contributed by atoms with E-state index in [1.54, 1.807) is 4.90 Å². The van der Waals surface area contributed by atoms with Crippen molar-refractivity contribution in [1.82, 2.24) is 0 Å². The number of benzene rings is 2. The molecule has 0 unspecified atom stereocenters. The first-order valence-electron chi connectivity index (χ1n) is 8.65. The Bertz CT molecular complexity index is 930. The maximum absolute atomic E-state index is 13.2. The van der Waals surface area contributed by atoms with Gasteiger partial charge in [-0.15, -0.1) is 0 Å². The largest absolute Gasteiger partial charge is 0.494 e. The first kappa shape index (κ1) is 16.3. The molecular formula is C21H20N2O3. The van der Waals surface area contributed by atoms with Gasteiger partial charge in [0, 0.05) is 11.4 Å². The van der Waals surface area contributed by atoms with Crippen molar-refractivity contribution in [3.63, 3.8) is 0 Å². The van der Waals surface area contributed by atoms with Crippen molar-refractivity contribution in [3.8, 4) is 5.75 Å². The minimum atomic E-state index is -0.413. The number of aryl methyl sites for hydroxylation is 1. The maximum atomic E-state index is 13.2. The molecule has 4 rings (SSSR count). The summed E-state index contributed by atoms with van der Waals surface area (Å²) in [5.41, 5.74) is 2.22. The van der Waals surface area contributed by atoms with Gasteiger partial charge in [-0.05, 0) is 62.4 Å². The smallest absolute Gasteiger partial charge is 0.262 e. The molecule has 3 aromatic rings. The zero-order chi connectivity index (χ0) is 18.1. The molecule has 132 valence electrons. The van der Waals surface area contributed by atoms with Gasteiger partial charge in [0.15, 0.2) is 6.17 Å². The van der Waals surface area contributed by atoms with Gasteiger partial charge in [0.1, 0.15) is 17.3 Å². The van der Waals surface area contributed by atoms with Crippen molar-refractivity contribution < 1.29 is 13.9 Å². The number of para-hydroxylation sites is 1. The van der Waals surface area contributed by atoms with Crippen LogP contribution in [0.25, 0.3) is 0 Å². The van der Waals surface area contributed by atoms with Crippen molar-refractivity contribution in [2.45, 2.75) is 20.0 Å². The lowest BCUT2D eigenvalue weighted by atomic mass is 10.1. The highest BCUT2D eigenvalue weighted by molar-refractivity contribution is 6.12. The van der Waals surface area contributed by atoms with Crippen LogP contribution < -0.4 is 15.0 Å². The summed E-state index contributed by atoms with van der Waals surface area (Å²) in [6.07, 6.45) is -0.413. The molecule has 0 aliphatic carbocycles.